The fourth-order valence-electron chi connectivity index (χ4n) is 2.63. The Labute approximate surface area is 109 Å². The summed E-state index contributed by atoms with van der Waals surface area (Å²) in [7, 11) is 0. The van der Waals surface area contributed by atoms with E-state index in [1.54, 1.807) is 0 Å². The highest BCUT2D eigenvalue weighted by molar-refractivity contribution is 5.78. The standard InChI is InChI=1S/C14H25NO3/c1-13(2,3)10-15-11(16)8-14(9-12(17)18)6-4-5-7-14/h4-10H2,1-3H3,(H,15,16)(H,17,18). The van der Waals surface area contributed by atoms with Crippen molar-refractivity contribution in [3.8, 4) is 0 Å². The summed E-state index contributed by atoms with van der Waals surface area (Å²) >= 11 is 0. The molecule has 1 amide bonds. The van der Waals surface area contributed by atoms with E-state index in [0.717, 1.165) is 25.7 Å². The molecule has 0 aromatic carbocycles. The van der Waals surface area contributed by atoms with Gasteiger partial charge in [0.25, 0.3) is 0 Å². The van der Waals surface area contributed by atoms with Crippen molar-refractivity contribution in [3.63, 3.8) is 0 Å². The van der Waals surface area contributed by atoms with Gasteiger partial charge in [-0.3, -0.25) is 9.59 Å². The number of hydrogen-bond donors (Lipinski definition) is 2. The molecule has 0 aromatic rings. The smallest absolute Gasteiger partial charge is 0.303 e. The Morgan fingerprint density at radius 3 is 2.17 bits per heavy atom. The van der Waals surface area contributed by atoms with E-state index in [4.69, 9.17) is 5.11 Å². The van der Waals surface area contributed by atoms with Crippen molar-refractivity contribution in [1.29, 1.82) is 0 Å². The number of carboxylic acids is 1. The lowest BCUT2D eigenvalue weighted by molar-refractivity contribution is -0.140. The summed E-state index contributed by atoms with van der Waals surface area (Å²) in [5, 5.41) is 11.9. The van der Waals surface area contributed by atoms with Crippen LogP contribution >= 0.6 is 0 Å². The molecule has 0 radical (unpaired) electrons. The fourth-order valence-corrected chi connectivity index (χ4v) is 2.63. The van der Waals surface area contributed by atoms with Gasteiger partial charge in [-0.15, -0.1) is 0 Å². The van der Waals surface area contributed by atoms with E-state index in [2.05, 4.69) is 26.1 Å². The minimum Gasteiger partial charge on any atom is -0.481 e. The van der Waals surface area contributed by atoms with Gasteiger partial charge < -0.3 is 10.4 Å². The molecular weight excluding hydrogens is 230 g/mol. The molecule has 4 nitrogen and oxygen atoms in total. The summed E-state index contributed by atoms with van der Waals surface area (Å²) in [6.07, 6.45) is 4.29. The van der Waals surface area contributed by atoms with Gasteiger partial charge in [0.05, 0.1) is 6.42 Å². The van der Waals surface area contributed by atoms with Crippen LogP contribution in [0.15, 0.2) is 0 Å². The summed E-state index contributed by atoms with van der Waals surface area (Å²) in [5.74, 6) is -0.798. The SMILES string of the molecule is CC(C)(C)CNC(=O)CC1(CC(=O)O)CCCC1. The third-order valence-electron chi connectivity index (χ3n) is 3.54. The minimum absolute atomic E-state index is 0.00641. The monoisotopic (exact) mass is 255 g/mol. The van der Waals surface area contributed by atoms with Crippen molar-refractivity contribution < 1.29 is 14.7 Å². The number of carbonyl (C=O) groups excluding carboxylic acids is 1. The van der Waals surface area contributed by atoms with Crippen LogP contribution in [0.1, 0.15) is 59.3 Å². The lowest BCUT2D eigenvalue weighted by Crippen LogP contribution is -2.36. The van der Waals surface area contributed by atoms with Crippen LogP contribution < -0.4 is 5.32 Å². The molecule has 1 saturated carbocycles. The van der Waals surface area contributed by atoms with Crippen LogP contribution in [0.3, 0.4) is 0 Å². The predicted molar refractivity (Wildman–Crippen MR) is 70.2 cm³/mol. The predicted octanol–water partition coefficient (Wildman–Crippen LogP) is 2.57. The van der Waals surface area contributed by atoms with Crippen molar-refractivity contribution in [2.24, 2.45) is 10.8 Å². The topological polar surface area (TPSA) is 66.4 Å². The summed E-state index contributed by atoms with van der Waals surface area (Å²) < 4.78 is 0. The number of carboxylic acid groups (broad SMARTS) is 1. The zero-order chi connectivity index (χ0) is 13.8. The highest BCUT2D eigenvalue weighted by Gasteiger charge is 2.38. The maximum absolute atomic E-state index is 11.9. The Hall–Kier alpha value is -1.06. The van der Waals surface area contributed by atoms with Crippen molar-refractivity contribution in [2.75, 3.05) is 6.54 Å². The van der Waals surface area contributed by atoms with Crippen LogP contribution in [0.4, 0.5) is 0 Å². The van der Waals surface area contributed by atoms with Crippen LogP contribution in [0, 0.1) is 10.8 Å². The summed E-state index contributed by atoms with van der Waals surface area (Å²) in [4.78, 5) is 22.9. The fraction of sp³-hybridized carbons (Fsp3) is 0.857. The molecule has 1 aliphatic rings. The first kappa shape index (κ1) is 15.0. The zero-order valence-corrected chi connectivity index (χ0v) is 11.7. The van der Waals surface area contributed by atoms with Gasteiger partial charge in [-0.05, 0) is 23.7 Å². The van der Waals surface area contributed by atoms with Crippen molar-refractivity contribution in [3.05, 3.63) is 0 Å². The van der Waals surface area contributed by atoms with E-state index in [-0.39, 0.29) is 23.2 Å². The van der Waals surface area contributed by atoms with Crippen LogP contribution in [0.5, 0.6) is 0 Å². The van der Waals surface area contributed by atoms with E-state index in [1.807, 2.05) is 0 Å². The van der Waals surface area contributed by atoms with Gasteiger partial charge in [0.2, 0.25) is 5.91 Å². The Balaban J connectivity index is 2.51. The molecule has 4 heteroatoms. The molecule has 18 heavy (non-hydrogen) atoms. The molecule has 1 rings (SSSR count). The van der Waals surface area contributed by atoms with E-state index in [1.165, 1.54) is 0 Å². The van der Waals surface area contributed by atoms with Crippen LogP contribution in [0.25, 0.3) is 0 Å². The molecular formula is C14H25NO3. The van der Waals surface area contributed by atoms with Gasteiger partial charge in [-0.2, -0.15) is 0 Å². The maximum Gasteiger partial charge on any atom is 0.303 e. The van der Waals surface area contributed by atoms with Crippen LogP contribution in [0.2, 0.25) is 0 Å². The first-order valence-corrected chi connectivity index (χ1v) is 6.71. The van der Waals surface area contributed by atoms with Gasteiger partial charge in [0.1, 0.15) is 0 Å². The molecule has 1 aliphatic carbocycles. The molecule has 0 heterocycles. The molecule has 0 aliphatic heterocycles. The van der Waals surface area contributed by atoms with Gasteiger partial charge in [-0.1, -0.05) is 33.6 Å². The Bertz CT molecular complexity index is 311. The van der Waals surface area contributed by atoms with E-state index < -0.39 is 5.97 Å². The third kappa shape index (κ3) is 5.07. The highest BCUT2D eigenvalue weighted by atomic mass is 16.4. The normalized spacial score (nSPS) is 18.6. The first-order valence-electron chi connectivity index (χ1n) is 6.71. The van der Waals surface area contributed by atoms with Gasteiger partial charge in [0.15, 0.2) is 0 Å². The molecule has 0 atom stereocenters. The zero-order valence-electron chi connectivity index (χ0n) is 11.7. The highest BCUT2D eigenvalue weighted by Crippen LogP contribution is 2.44. The molecule has 1 fully saturated rings. The van der Waals surface area contributed by atoms with Gasteiger partial charge in [0, 0.05) is 13.0 Å². The molecule has 0 aromatic heterocycles. The third-order valence-corrected chi connectivity index (χ3v) is 3.54. The van der Waals surface area contributed by atoms with Crippen molar-refractivity contribution in [1.82, 2.24) is 5.32 Å². The van der Waals surface area contributed by atoms with E-state index in [9.17, 15) is 9.59 Å². The largest absolute Gasteiger partial charge is 0.481 e. The second kappa shape index (κ2) is 5.72. The lowest BCUT2D eigenvalue weighted by Gasteiger charge is -2.27. The van der Waals surface area contributed by atoms with E-state index >= 15 is 0 Å². The number of carbonyl (C=O) groups is 2. The maximum atomic E-state index is 11.9. The van der Waals surface area contributed by atoms with E-state index in [0.29, 0.717) is 13.0 Å². The Kier molecular flexibility index (Phi) is 4.77. The number of rotatable bonds is 5. The quantitative estimate of drug-likeness (QED) is 0.793. The Morgan fingerprint density at radius 2 is 1.72 bits per heavy atom. The molecule has 2 N–H and O–H groups in total. The number of aliphatic carboxylic acids is 1. The Morgan fingerprint density at radius 1 is 1.17 bits per heavy atom. The average Bonchev–Trinajstić information content (AvgIpc) is 2.61. The van der Waals surface area contributed by atoms with Crippen LogP contribution in [-0.2, 0) is 9.59 Å². The molecule has 0 spiro atoms. The van der Waals surface area contributed by atoms with Crippen LogP contribution in [-0.4, -0.2) is 23.5 Å². The number of nitrogens with one attached hydrogen (secondary N) is 1. The second-order valence-corrected chi connectivity index (χ2v) is 6.79. The van der Waals surface area contributed by atoms with Crippen molar-refractivity contribution in [2.45, 2.75) is 59.3 Å². The van der Waals surface area contributed by atoms with Gasteiger partial charge in [-0.25, -0.2) is 0 Å². The minimum atomic E-state index is -0.791. The second-order valence-electron chi connectivity index (χ2n) is 6.79. The number of amides is 1. The summed E-state index contributed by atoms with van der Waals surface area (Å²) in [6, 6.07) is 0. The van der Waals surface area contributed by atoms with Crippen molar-refractivity contribution >= 4 is 11.9 Å². The summed E-state index contributed by atoms with van der Waals surface area (Å²) in [6.45, 7) is 6.83. The van der Waals surface area contributed by atoms with Gasteiger partial charge >= 0.3 is 5.97 Å². The average molecular weight is 255 g/mol. The molecule has 0 bridgehead atoms. The lowest BCUT2D eigenvalue weighted by atomic mass is 9.79. The number of hydrogen-bond acceptors (Lipinski definition) is 2. The molecule has 0 saturated heterocycles. The first-order chi connectivity index (χ1) is 8.22. The molecule has 104 valence electrons. The molecule has 0 unspecified atom stereocenters. The summed E-state index contributed by atoms with van der Waals surface area (Å²) in [5.41, 5.74) is -0.237.